The SMILES string of the molecule is NS(=O)(=O)c1cccc2c(N=Cc3ccccc3)cccc12. The maximum absolute atomic E-state index is 11.7. The molecule has 5 heteroatoms. The zero-order valence-electron chi connectivity index (χ0n) is 11.7. The second kappa shape index (κ2) is 5.71. The Labute approximate surface area is 129 Å². The zero-order chi connectivity index (χ0) is 15.6. The molecule has 0 aliphatic heterocycles. The number of hydrogen-bond acceptors (Lipinski definition) is 3. The highest BCUT2D eigenvalue weighted by Gasteiger charge is 2.12. The Morgan fingerprint density at radius 1 is 0.818 bits per heavy atom. The van der Waals surface area contributed by atoms with E-state index in [1.165, 1.54) is 6.07 Å². The molecular weight excluding hydrogens is 296 g/mol. The lowest BCUT2D eigenvalue weighted by Gasteiger charge is -2.06. The smallest absolute Gasteiger partial charge is 0.238 e. The third kappa shape index (κ3) is 2.90. The van der Waals surface area contributed by atoms with Crippen LogP contribution in [0.5, 0.6) is 0 Å². The summed E-state index contributed by atoms with van der Waals surface area (Å²) >= 11 is 0. The number of nitrogens with two attached hydrogens (primary N) is 1. The number of sulfonamides is 1. The van der Waals surface area contributed by atoms with E-state index in [0.717, 1.165) is 10.9 Å². The molecule has 3 rings (SSSR count). The van der Waals surface area contributed by atoms with Crippen molar-refractivity contribution in [3.63, 3.8) is 0 Å². The molecule has 3 aromatic rings. The van der Waals surface area contributed by atoms with Gasteiger partial charge in [0, 0.05) is 17.0 Å². The van der Waals surface area contributed by atoms with Gasteiger partial charge in [-0.05, 0) is 17.7 Å². The van der Waals surface area contributed by atoms with Crippen LogP contribution in [0.4, 0.5) is 5.69 Å². The van der Waals surface area contributed by atoms with E-state index in [-0.39, 0.29) is 4.90 Å². The topological polar surface area (TPSA) is 72.5 Å². The monoisotopic (exact) mass is 310 g/mol. The van der Waals surface area contributed by atoms with E-state index in [1.54, 1.807) is 24.4 Å². The summed E-state index contributed by atoms with van der Waals surface area (Å²) < 4.78 is 23.4. The summed E-state index contributed by atoms with van der Waals surface area (Å²) in [6.45, 7) is 0. The summed E-state index contributed by atoms with van der Waals surface area (Å²) in [5, 5.41) is 6.60. The van der Waals surface area contributed by atoms with Crippen LogP contribution in [0.25, 0.3) is 10.8 Å². The second-order valence-corrected chi connectivity index (χ2v) is 6.37. The lowest BCUT2D eigenvalue weighted by molar-refractivity contribution is 0.598. The van der Waals surface area contributed by atoms with Crippen LogP contribution < -0.4 is 5.14 Å². The minimum atomic E-state index is -3.77. The number of primary sulfonamides is 1. The fraction of sp³-hybridized carbons (Fsp3) is 0. The minimum Gasteiger partial charge on any atom is -0.256 e. The van der Waals surface area contributed by atoms with E-state index >= 15 is 0 Å². The van der Waals surface area contributed by atoms with Gasteiger partial charge < -0.3 is 0 Å². The highest BCUT2D eigenvalue weighted by Crippen LogP contribution is 2.29. The first-order chi connectivity index (χ1) is 10.6. The van der Waals surface area contributed by atoms with Crippen LogP contribution in [-0.4, -0.2) is 14.6 Å². The highest BCUT2D eigenvalue weighted by molar-refractivity contribution is 7.89. The van der Waals surface area contributed by atoms with Gasteiger partial charge in [0.1, 0.15) is 0 Å². The highest BCUT2D eigenvalue weighted by atomic mass is 32.2. The van der Waals surface area contributed by atoms with Crippen LogP contribution in [0.15, 0.2) is 76.6 Å². The van der Waals surface area contributed by atoms with Crippen molar-refractivity contribution >= 4 is 32.7 Å². The molecule has 0 atom stereocenters. The summed E-state index contributed by atoms with van der Waals surface area (Å²) in [6, 6.07) is 20.1. The minimum absolute atomic E-state index is 0.113. The Hall–Kier alpha value is -2.50. The molecule has 0 saturated heterocycles. The Morgan fingerprint density at radius 3 is 2.23 bits per heavy atom. The third-order valence-electron chi connectivity index (χ3n) is 3.32. The molecule has 0 aliphatic rings. The van der Waals surface area contributed by atoms with E-state index in [0.29, 0.717) is 11.1 Å². The van der Waals surface area contributed by atoms with Gasteiger partial charge in [-0.25, -0.2) is 13.6 Å². The Kier molecular flexibility index (Phi) is 3.75. The Balaban J connectivity index is 2.14. The number of fused-ring (bicyclic) bond motifs is 1. The average molecular weight is 310 g/mol. The fourth-order valence-corrected chi connectivity index (χ4v) is 3.06. The molecule has 110 valence electrons. The molecule has 4 nitrogen and oxygen atoms in total. The molecule has 0 spiro atoms. The molecule has 0 aliphatic carbocycles. The van der Waals surface area contributed by atoms with E-state index in [4.69, 9.17) is 5.14 Å². The third-order valence-corrected chi connectivity index (χ3v) is 4.29. The maximum atomic E-state index is 11.7. The first-order valence-electron chi connectivity index (χ1n) is 6.69. The van der Waals surface area contributed by atoms with Crippen LogP contribution >= 0.6 is 0 Å². The molecule has 0 amide bonds. The van der Waals surface area contributed by atoms with Crippen LogP contribution in [0, 0.1) is 0 Å². The van der Waals surface area contributed by atoms with Crippen molar-refractivity contribution in [3.05, 3.63) is 72.3 Å². The molecule has 0 heterocycles. The molecule has 0 fully saturated rings. The Bertz CT molecular complexity index is 949. The summed E-state index contributed by atoms with van der Waals surface area (Å²) in [7, 11) is -3.77. The number of aliphatic imine (C=N–C) groups is 1. The second-order valence-electron chi connectivity index (χ2n) is 4.84. The summed E-state index contributed by atoms with van der Waals surface area (Å²) in [5.41, 5.74) is 1.67. The average Bonchev–Trinajstić information content (AvgIpc) is 2.52. The standard InChI is InChI=1S/C17H14N2O2S/c18-22(20,21)17-11-5-8-14-15(17)9-4-10-16(14)19-12-13-6-2-1-3-7-13/h1-12H,(H2,18,20,21). The molecule has 0 aromatic heterocycles. The van der Waals surface area contributed by atoms with Crippen LogP contribution in [-0.2, 0) is 10.0 Å². The van der Waals surface area contributed by atoms with Crippen LogP contribution in [0.2, 0.25) is 0 Å². The van der Waals surface area contributed by atoms with Crippen LogP contribution in [0.3, 0.4) is 0 Å². The van der Waals surface area contributed by atoms with Crippen molar-refractivity contribution < 1.29 is 8.42 Å². The van der Waals surface area contributed by atoms with Gasteiger partial charge in [-0.15, -0.1) is 0 Å². The zero-order valence-corrected chi connectivity index (χ0v) is 12.5. The van der Waals surface area contributed by atoms with Crippen molar-refractivity contribution in [3.8, 4) is 0 Å². The summed E-state index contributed by atoms with van der Waals surface area (Å²) in [4.78, 5) is 4.58. The van der Waals surface area contributed by atoms with Crippen molar-refractivity contribution in [2.24, 2.45) is 10.1 Å². The van der Waals surface area contributed by atoms with Gasteiger partial charge in [0.2, 0.25) is 10.0 Å². The first-order valence-corrected chi connectivity index (χ1v) is 8.24. The lowest BCUT2D eigenvalue weighted by atomic mass is 10.1. The molecular formula is C17H14N2O2S. The molecule has 3 aromatic carbocycles. The number of rotatable bonds is 3. The van der Waals surface area contributed by atoms with Crippen molar-refractivity contribution in [1.29, 1.82) is 0 Å². The number of nitrogens with zero attached hydrogens (tertiary/aromatic N) is 1. The first kappa shape index (κ1) is 14.4. The van der Waals surface area contributed by atoms with Gasteiger partial charge in [-0.1, -0.05) is 54.6 Å². The molecule has 22 heavy (non-hydrogen) atoms. The normalized spacial score (nSPS) is 12.0. The van der Waals surface area contributed by atoms with Gasteiger partial charge in [-0.2, -0.15) is 0 Å². The quantitative estimate of drug-likeness (QED) is 0.754. The largest absolute Gasteiger partial charge is 0.256 e. The van der Waals surface area contributed by atoms with E-state index in [9.17, 15) is 8.42 Å². The number of benzene rings is 3. The Morgan fingerprint density at radius 2 is 1.50 bits per heavy atom. The van der Waals surface area contributed by atoms with Crippen molar-refractivity contribution in [1.82, 2.24) is 0 Å². The summed E-state index contributed by atoms with van der Waals surface area (Å²) in [5.74, 6) is 0. The summed E-state index contributed by atoms with van der Waals surface area (Å²) in [6.07, 6.45) is 1.75. The van der Waals surface area contributed by atoms with Crippen molar-refractivity contribution in [2.45, 2.75) is 4.90 Å². The van der Waals surface area contributed by atoms with Gasteiger partial charge >= 0.3 is 0 Å². The van der Waals surface area contributed by atoms with Crippen molar-refractivity contribution in [2.75, 3.05) is 0 Å². The van der Waals surface area contributed by atoms with Gasteiger partial charge in [-0.3, -0.25) is 4.99 Å². The fourth-order valence-electron chi connectivity index (χ4n) is 2.31. The van der Waals surface area contributed by atoms with Gasteiger partial charge in [0.25, 0.3) is 0 Å². The lowest BCUT2D eigenvalue weighted by Crippen LogP contribution is -2.12. The van der Waals surface area contributed by atoms with E-state index in [2.05, 4.69) is 4.99 Å². The molecule has 0 saturated carbocycles. The number of hydrogen-bond donors (Lipinski definition) is 1. The molecule has 0 radical (unpaired) electrons. The molecule has 0 unspecified atom stereocenters. The van der Waals surface area contributed by atoms with E-state index in [1.807, 2.05) is 42.5 Å². The molecule has 2 N–H and O–H groups in total. The van der Waals surface area contributed by atoms with Crippen LogP contribution in [0.1, 0.15) is 5.56 Å². The van der Waals surface area contributed by atoms with Gasteiger partial charge in [0.15, 0.2) is 0 Å². The predicted octanol–water partition coefficient (Wildman–Crippen LogP) is 3.24. The molecule has 0 bridgehead atoms. The van der Waals surface area contributed by atoms with E-state index < -0.39 is 10.0 Å². The van der Waals surface area contributed by atoms with Gasteiger partial charge in [0.05, 0.1) is 10.6 Å². The predicted molar refractivity (Wildman–Crippen MR) is 89.0 cm³/mol. The maximum Gasteiger partial charge on any atom is 0.238 e.